The van der Waals surface area contributed by atoms with E-state index in [9.17, 15) is 68.1 Å². The number of aliphatic hydroxyl groups excluding tert-OH is 2. The Hall–Kier alpha value is -10.5. The Morgan fingerprint density at radius 2 is 0.750 bits per heavy atom. The lowest BCUT2D eigenvalue weighted by Gasteiger charge is -2.70. The van der Waals surface area contributed by atoms with Gasteiger partial charge in [0.2, 0.25) is 41.2 Å². The highest BCUT2D eigenvalue weighted by molar-refractivity contribution is 8.00. The summed E-state index contributed by atoms with van der Waals surface area (Å²) >= 11 is 7.56. The summed E-state index contributed by atoms with van der Waals surface area (Å²) < 4.78 is 15.5. The molecule has 9 fully saturated rings. The number of anilines is 3. The third-order valence-corrected chi connectivity index (χ3v) is 42.3. The number of nitrogens with two attached hydrogens (primary N) is 3. The number of benzene rings is 5. The van der Waals surface area contributed by atoms with Crippen molar-refractivity contribution in [1.82, 2.24) is 0 Å². The molecule has 0 radical (unpaired) electrons. The van der Waals surface area contributed by atoms with Crippen LogP contribution < -0.4 is 42.6 Å². The SMILES string of the molecule is C.CC(=O)Nc1ccc(S)cc1.CC(=O)Nc1ccc(SC2C=C3[C@@](C)(CC[C@@]4(C)[C@@H]5C[C@](C)(C(N)=O)CC[C@]5(C)CC[C@]34C)c3cc(O)c(O)c(C)c32)cc1.CC(=O)Nc1ccc(SC2C=C3[C@@](C)(CC[C@@]4(C)[C@@H]5C[C@](C)(C(N)=O)CC[C@]5(C)CC[C@]34C)c3cc(OC(C)=O)c(OC(C)=O)c(C)c32)cc1.CC(=O)OC(C)=O.CC1=C(O)C(=O)C=C2C1=CC=C1[C@@]2(C)CC[C@@]2(C)[C@@H]3C[C@](C)(C(N)=O)CC[C@]3(C)CC[C@]12C.CO. The summed E-state index contributed by atoms with van der Waals surface area (Å²) in [5.74, 6) is -1.77. The number of allylic oxidation sites excluding steroid dienone is 9. The number of carbonyl (C=O) groups excluding carboxylic acids is 11. The first kappa shape index (κ1) is 116. The number of thioether (sulfide) groups is 2. The fourth-order valence-corrected chi connectivity index (χ4v) is 32.6. The molecule has 6 amide bonds. The van der Waals surface area contributed by atoms with Crippen molar-refractivity contribution in [3.05, 3.63) is 188 Å². The molecule has 18 rings (SSSR count). The van der Waals surface area contributed by atoms with E-state index in [-0.39, 0.29) is 153 Å². The Morgan fingerprint density at radius 1 is 0.412 bits per heavy atom. The third kappa shape index (κ3) is 20.5. The maximum atomic E-state index is 12.9. The predicted octanol–water partition coefficient (Wildman–Crippen LogP) is 25.4. The number of fused-ring (bicyclic) bond motifs is 21. The number of aromatic hydroxyl groups is 2. The van der Waals surface area contributed by atoms with Crippen molar-refractivity contribution in [1.29, 1.82) is 0 Å². The number of phenols is 2. The second-order valence-electron chi connectivity index (χ2n) is 48.6. The van der Waals surface area contributed by atoms with Crippen molar-refractivity contribution < 1.29 is 87.4 Å². The molecule has 0 saturated heterocycles. The number of aliphatic hydroxyl groups is 2. The molecule has 9 saturated carbocycles. The van der Waals surface area contributed by atoms with Gasteiger partial charge in [0.25, 0.3) is 0 Å². The number of phenolic OH excluding ortho intramolecular Hbond substituents is 2. The molecule has 802 valence electrons. The van der Waals surface area contributed by atoms with E-state index in [1.807, 2.05) is 106 Å². The molecule has 13 N–H and O–H groups in total. The van der Waals surface area contributed by atoms with Crippen molar-refractivity contribution in [3.8, 4) is 23.0 Å². The van der Waals surface area contributed by atoms with Gasteiger partial charge in [-0.15, -0.1) is 36.2 Å². The minimum Gasteiger partial charge on any atom is -0.504 e. The fourth-order valence-electron chi connectivity index (χ4n) is 30.1. The molecule has 0 spiro atoms. The van der Waals surface area contributed by atoms with Gasteiger partial charge in [0, 0.05) is 131 Å². The topological polar surface area (TPSA) is 411 Å². The van der Waals surface area contributed by atoms with Crippen LogP contribution in [0.25, 0.3) is 0 Å². The number of primary amides is 3. The van der Waals surface area contributed by atoms with Crippen molar-refractivity contribution >= 4 is 118 Å². The van der Waals surface area contributed by atoms with Gasteiger partial charge in [-0.1, -0.05) is 152 Å². The quantitative estimate of drug-likeness (QED) is 0.0138. The van der Waals surface area contributed by atoms with E-state index < -0.39 is 40.1 Å². The van der Waals surface area contributed by atoms with Crippen LogP contribution in [0.15, 0.2) is 169 Å². The zero-order chi connectivity index (χ0) is 109. The van der Waals surface area contributed by atoms with Gasteiger partial charge >= 0.3 is 23.9 Å². The van der Waals surface area contributed by atoms with Gasteiger partial charge in [-0.3, -0.25) is 52.7 Å². The Balaban J connectivity index is 0.000000181. The molecule has 0 aromatic heterocycles. The van der Waals surface area contributed by atoms with Gasteiger partial charge < -0.3 is 67.8 Å². The highest BCUT2D eigenvalue weighted by atomic mass is 32.2. The van der Waals surface area contributed by atoms with Crippen LogP contribution in [0.2, 0.25) is 0 Å². The Labute approximate surface area is 890 Å². The summed E-state index contributed by atoms with van der Waals surface area (Å²) in [4.78, 5) is 132. The Morgan fingerprint density at radius 3 is 1.09 bits per heavy atom. The van der Waals surface area contributed by atoms with E-state index in [0.717, 1.165) is 218 Å². The molecule has 2 unspecified atom stereocenters. The number of ketones is 1. The number of ether oxygens (including phenoxy) is 3. The third-order valence-electron chi connectivity index (χ3n) is 39.6. The highest BCUT2D eigenvalue weighted by Crippen LogP contribution is 2.80. The van der Waals surface area contributed by atoms with Gasteiger partial charge in [-0.2, -0.15) is 0 Å². The molecule has 24 nitrogen and oxygen atoms in total. The molecule has 20 atom stereocenters. The second kappa shape index (κ2) is 41.9. The summed E-state index contributed by atoms with van der Waals surface area (Å²) in [5, 5.41) is 47.3. The average molecular weight is 2080 g/mol. The molecular weight excluding hydrogens is 1920 g/mol. The summed E-state index contributed by atoms with van der Waals surface area (Å²) in [6.45, 7) is 50.6. The first-order valence-corrected chi connectivity index (χ1v) is 54.3. The summed E-state index contributed by atoms with van der Waals surface area (Å²) in [6.07, 6.45) is 31.6. The smallest absolute Gasteiger partial charge is 0.310 e. The zero-order valence-electron chi connectivity index (χ0n) is 91.2. The number of hydrogen-bond donors (Lipinski definition) is 11. The Kier molecular flexibility index (Phi) is 32.9. The first-order valence-electron chi connectivity index (χ1n) is 52.1. The van der Waals surface area contributed by atoms with E-state index >= 15 is 0 Å². The standard InChI is InChI=1S/C41H52N2O6S.C37H48N2O4S.C29H39NO3.C8H9NOS.C4H6O3.CH4O.CH4/c1-23-34-29(20-30(48-25(3)45)35(23)49-26(4)46)39(7)17-19-41(9)33-22-38(6,36(42)47)15-14-37(33,5)16-18-40(41,8)32(39)21-31(34)50-28-12-10-27(11-13-28)43-24(2)44;1-21-30-25(18-26(41)31(21)42)35(5)15-17-37(7)29-20-34(4,32(38)43)13-12-33(29,3)14-16-36(37,6)28(35)19-27(30)44-24-10-8-23(9-11-24)39-22(2)40;1-17-18-7-8-21-27(4,19(18)15-20(31)23(17)32)12-14-29(6)22-16-26(3,24(30)33)10-9-25(22,2)11-13-28(21,29)5;1-6(10)9-7-2-4-8(11)5-3-7;1-3(5)7-4(2)6;1-2;/h10-13,20-21,31,33H,14-19,22H2,1-9H3,(H2,42,47)(H,43,44);8-11,18-19,27,29,41-42H,12-17,20H2,1-7H3,(H2,38,43)(H,39,40);7-8,15,22,32H,9-14,16H2,1-6H3,(H2,30,33);2-5,11H,1H3,(H,9,10);1-2H3;2H,1H3;1H4/t31?,33-,37-,38-,39+,40-,41+;27?,29-,33-,34-,35+,36-,37+;22-,25-,26-,27+,28-,29+;;;;/m111..../s1. The molecule has 13 aliphatic carbocycles. The minimum atomic E-state index is -0.562. The van der Waals surface area contributed by atoms with Crippen LogP contribution in [0.4, 0.5) is 17.1 Å². The van der Waals surface area contributed by atoms with Crippen LogP contribution in [0.3, 0.4) is 0 Å². The Bertz CT molecular complexity index is 6370. The lowest BCUT2D eigenvalue weighted by molar-refractivity contribution is -0.167. The lowest BCUT2D eigenvalue weighted by atomic mass is 9.34. The van der Waals surface area contributed by atoms with Crippen LogP contribution in [0, 0.1) is 102 Å². The number of thiol groups is 1. The molecule has 5 aromatic rings. The van der Waals surface area contributed by atoms with Crippen LogP contribution >= 0.6 is 36.2 Å². The van der Waals surface area contributed by atoms with E-state index in [1.165, 1.54) is 65.2 Å². The average Bonchev–Trinajstić information content (AvgIpc) is 0.678. The zero-order valence-corrected chi connectivity index (χ0v) is 93.7. The normalized spacial score (nSPS) is 34.2. The van der Waals surface area contributed by atoms with Gasteiger partial charge in [0.05, 0.1) is 10.5 Å². The largest absolute Gasteiger partial charge is 0.504 e. The van der Waals surface area contributed by atoms with Gasteiger partial charge in [0.1, 0.15) is 0 Å². The molecule has 0 heterocycles. The summed E-state index contributed by atoms with van der Waals surface area (Å²) in [7, 11) is 1.00. The van der Waals surface area contributed by atoms with E-state index in [4.69, 9.17) is 31.8 Å². The monoisotopic (exact) mass is 2080 g/mol. The number of carbonyl (C=O) groups is 11. The van der Waals surface area contributed by atoms with E-state index in [1.54, 1.807) is 29.6 Å². The summed E-state index contributed by atoms with van der Waals surface area (Å²) in [5.41, 5.74) is 31.0. The minimum absolute atomic E-state index is 0. The van der Waals surface area contributed by atoms with Crippen LogP contribution in [-0.4, -0.2) is 92.6 Å². The highest BCUT2D eigenvalue weighted by Gasteiger charge is 2.72. The van der Waals surface area contributed by atoms with Crippen LogP contribution in [0.1, 0.15) is 345 Å². The number of amides is 6. The molecule has 27 heteroatoms. The van der Waals surface area contributed by atoms with E-state index in [0.29, 0.717) is 23.3 Å². The van der Waals surface area contributed by atoms with Crippen LogP contribution in [-0.2, 0) is 68.3 Å². The predicted molar refractivity (Wildman–Crippen MR) is 588 cm³/mol. The van der Waals surface area contributed by atoms with E-state index in [2.05, 4.69) is 161 Å². The fraction of sp³-hybridized carbons (Fsp3) is 0.562. The lowest BCUT2D eigenvalue weighted by Crippen LogP contribution is -2.63. The van der Waals surface area contributed by atoms with Crippen LogP contribution in [0.5, 0.6) is 23.0 Å². The number of nitrogens with one attached hydrogen (secondary N) is 3. The number of esters is 4. The summed E-state index contributed by atoms with van der Waals surface area (Å²) in [6, 6.07) is 26.8. The van der Waals surface area contributed by atoms with Crippen molar-refractivity contribution in [3.63, 3.8) is 0 Å². The van der Waals surface area contributed by atoms with Crippen molar-refractivity contribution in [2.24, 2.45) is 105 Å². The molecule has 0 bridgehead atoms. The molecule has 13 aliphatic rings. The van der Waals surface area contributed by atoms with Gasteiger partial charge in [-0.05, 0) is 352 Å². The maximum absolute atomic E-state index is 12.9. The first-order chi connectivity index (χ1) is 68.3. The van der Waals surface area contributed by atoms with Crippen molar-refractivity contribution in [2.45, 2.75) is 351 Å². The molecule has 0 aliphatic heterocycles. The molecular formula is C121H162N6O18S3. The molecule has 5 aromatic carbocycles. The van der Waals surface area contributed by atoms with Gasteiger partial charge in [0.15, 0.2) is 28.8 Å². The molecule has 148 heavy (non-hydrogen) atoms. The number of hydrogen-bond acceptors (Lipinski definition) is 21. The van der Waals surface area contributed by atoms with Crippen molar-refractivity contribution in [2.75, 3.05) is 23.1 Å². The van der Waals surface area contributed by atoms with Gasteiger partial charge in [-0.25, -0.2) is 0 Å². The number of rotatable bonds is 12. The maximum Gasteiger partial charge on any atom is 0.310 e. The second-order valence-corrected chi connectivity index (χ2v) is 51.5.